The second-order valence-corrected chi connectivity index (χ2v) is 17.5. The van der Waals surface area contributed by atoms with E-state index in [1.807, 2.05) is 11.3 Å². The highest BCUT2D eigenvalue weighted by atomic mass is 32.1. The van der Waals surface area contributed by atoms with Crippen molar-refractivity contribution in [2.24, 2.45) is 0 Å². The standard InChI is InChI=1S/C52H36B4N4S/c1-3-16-43-41(14-1)46-25-23-38(40-19-13-20-48-47-18-5-6-21-51(47)61-52(40)48)35-50(46)44-17-4-2-15-42(44)45-24-22-37(34-49(43)45)39-26-30-56-59-33-11-8-28-54(59)57-31-10-7-27-53(57)58-32-12-9-29-55(58)60(56)36-39/h1-36H. The predicted molar refractivity (Wildman–Crippen MR) is 262 cm³/mol. The van der Waals surface area contributed by atoms with E-state index in [-0.39, 0.29) is 27.9 Å². The number of thiophene rings is 1. The van der Waals surface area contributed by atoms with Gasteiger partial charge in [-0.2, -0.15) is 0 Å². The maximum atomic E-state index is 2.53. The second kappa shape index (κ2) is 13.7. The summed E-state index contributed by atoms with van der Waals surface area (Å²) < 4.78 is 12.6. The van der Waals surface area contributed by atoms with Crippen molar-refractivity contribution in [2.75, 3.05) is 0 Å². The van der Waals surface area contributed by atoms with Crippen LogP contribution in [0.2, 0.25) is 0 Å². The molecule has 0 saturated carbocycles. The number of hydrogen-bond acceptors (Lipinski definition) is 5. The van der Waals surface area contributed by atoms with Gasteiger partial charge >= 0.3 is 27.9 Å². The van der Waals surface area contributed by atoms with Crippen LogP contribution < -0.4 is 0 Å². The second-order valence-electron chi connectivity index (χ2n) is 16.5. The lowest BCUT2D eigenvalue weighted by atomic mass is 9.41. The van der Waals surface area contributed by atoms with Crippen LogP contribution >= 0.6 is 11.3 Å². The molecular formula is C52H36B4N4S. The van der Waals surface area contributed by atoms with Crippen LogP contribution in [0.15, 0.2) is 219 Å². The lowest BCUT2D eigenvalue weighted by Gasteiger charge is -2.53. The van der Waals surface area contributed by atoms with Crippen molar-refractivity contribution in [3.05, 3.63) is 224 Å². The number of allylic oxidation sites excluding steroid dienone is 8. The number of hydrogen-bond donors (Lipinski definition) is 0. The van der Waals surface area contributed by atoms with Gasteiger partial charge in [-0.3, -0.25) is 0 Å². The van der Waals surface area contributed by atoms with E-state index in [4.69, 9.17) is 0 Å². The quantitative estimate of drug-likeness (QED) is 0.162. The molecule has 4 nitrogen and oxygen atoms in total. The van der Waals surface area contributed by atoms with Crippen LogP contribution in [0.25, 0.3) is 81.4 Å². The van der Waals surface area contributed by atoms with Crippen molar-refractivity contribution in [1.29, 1.82) is 0 Å². The first-order chi connectivity index (χ1) is 30.3. The molecule has 6 heterocycles. The Labute approximate surface area is 361 Å². The van der Waals surface area contributed by atoms with Gasteiger partial charge in [0.15, 0.2) is 0 Å². The molecule has 1 fully saturated rings. The van der Waals surface area contributed by atoms with Gasteiger partial charge in [0.05, 0.1) is 0 Å². The molecule has 0 amide bonds. The highest BCUT2D eigenvalue weighted by Crippen LogP contribution is 2.50. The molecule has 1 aromatic heterocycles. The van der Waals surface area contributed by atoms with Crippen LogP contribution in [0.4, 0.5) is 0 Å². The number of nitrogens with zero attached hydrogens (tertiary/aromatic N) is 4. The van der Waals surface area contributed by atoms with Crippen molar-refractivity contribution in [3.8, 4) is 55.6 Å². The monoisotopic (exact) mass is 792 g/mol. The summed E-state index contributed by atoms with van der Waals surface area (Å²) in [5.74, 6) is 9.32. The van der Waals surface area contributed by atoms with Crippen LogP contribution in [0, 0.1) is 0 Å². The van der Waals surface area contributed by atoms with E-state index in [1.54, 1.807) is 0 Å². The number of fused-ring (bicyclic) bond motifs is 19. The predicted octanol–water partition coefficient (Wildman–Crippen LogP) is 12.2. The zero-order valence-corrected chi connectivity index (χ0v) is 34.1. The van der Waals surface area contributed by atoms with Crippen molar-refractivity contribution in [3.63, 3.8) is 0 Å². The van der Waals surface area contributed by atoms with E-state index >= 15 is 0 Å². The smallest absolute Gasteiger partial charge is 0.380 e. The summed E-state index contributed by atoms with van der Waals surface area (Å²) in [5.41, 5.74) is 14.9. The lowest BCUT2D eigenvalue weighted by Crippen LogP contribution is -2.73. The first-order valence-corrected chi connectivity index (χ1v) is 22.0. The van der Waals surface area contributed by atoms with Crippen molar-refractivity contribution < 1.29 is 0 Å². The fourth-order valence-electron chi connectivity index (χ4n) is 10.5. The van der Waals surface area contributed by atoms with Crippen molar-refractivity contribution >= 4 is 65.0 Å². The molecule has 0 spiro atoms. The molecule has 9 heteroatoms. The molecule has 13 rings (SSSR count). The molecule has 7 aromatic rings. The van der Waals surface area contributed by atoms with Gasteiger partial charge in [-0.15, -0.1) is 11.3 Å². The van der Waals surface area contributed by atoms with Gasteiger partial charge in [-0.1, -0.05) is 157 Å². The minimum atomic E-state index is 0.0167. The summed E-state index contributed by atoms with van der Waals surface area (Å²) in [7, 11) is 0. The van der Waals surface area contributed by atoms with E-state index in [9.17, 15) is 0 Å². The summed E-state index contributed by atoms with van der Waals surface area (Å²) in [6.07, 6.45) is 24.5. The minimum Gasteiger partial charge on any atom is -0.423 e. The Morgan fingerprint density at radius 3 is 1.48 bits per heavy atom. The molecule has 6 aliphatic rings. The van der Waals surface area contributed by atoms with Crippen LogP contribution in [0.5, 0.6) is 0 Å². The molecule has 1 aliphatic carbocycles. The molecule has 6 aromatic carbocycles. The van der Waals surface area contributed by atoms with E-state index < -0.39 is 0 Å². The molecule has 0 atom stereocenters. The van der Waals surface area contributed by atoms with Gasteiger partial charge in [-0.25, -0.2) is 0 Å². The molecule has 0 radical (unpaired) electrons. The Kier molecular flexibility index (Phi) is 7.82. The number of benzene rings is 6. The average Bonchev–Trinajstić information content (AvgIpc) is 3.72. The van der Waals surface area contributed by atoms with Crippen LogP contribution in [-0.4, -0.2) is 46.8 Å². The third-order valence-electron chi connectivity index (χ3n) is 13.2. The summed E-state index contributed by atoms with van der Waals surface area (Å²) in [4.78, 5) is 0. The fraction of sp³-hybridized carbons (Fsp3) is 0. The Morgan fingerprint density at radius 1 is 0.361 bits per heavy atom. The zero-order chi connectivity index (χ0) is 40.0. The van der Waals surface area contributed by atoms with Gasteiger partial charge in [0.1, 0.15) is 0 Å². The van der Waals surface area contributed by atoms with Crippen LogP contribution in [-0.2, 0) is 0 Å². The van der Waals surface area contributed by atoms with Gasteiger partial charge in [0, 0.05) is 20.2 Å². The lowest BCUT2D eigenvalue weighted by molar-refractivity contribution is 0.622. The van der Waals surface area contributed by atoms with E-state index in [0.717, 1.165) is 0 Å². The highest BCUT2D eigenvalue weighted by molar-refractivity contribution is 7.26. The normalized spacial score (nSPS) is 16.6. The Bertz CT molecular complexity index is 3210. The third kappa shape index (κ3) is 5.37. The molecule has 1 saturated heterocycles. The highest BCUT2D eigenvalue weighted by Gasteiger charge is 2.49. The molecule has 0 unspecified atom stereocenters. The van der Waals surface area contributed by atoms with Gasteiger partial charge in [0.25, 0.3) is 0 Å². The number of rotatable bonds is 2. The zero-order valence-electron chi connectivity index (χ0n) is 33.3. The SMILES string of the molecule is C1=CB2N(C=C1)B1C=CC=CN1B1C=CC(c3ccc4c(c3)-c3ccccc3-c3ccc(-c5cccc6c5sc5ccccc56)cc3-c3ccccc3-4)=CN1B1C=CC=CN21. The van der Waals surface area contributed by atoms with Crippen LogP contribution in [0.1, 0.15) is 5.56 Å². The van der Waals surface area contributed by atoms with Gasteiger partial charge in [0.2, 0.25) is 0 Å². The van der Waals surface area contributed by atoms with Crippen molar-refractivity contribution in [1.82, 2.24) is 18.9 Å². The topological polar surface area (TPSA) is 13.0 Å². The molecule has 0 bridgehead atoms. The largest absolute Gasteiger partial charge is 0.423 e. The van der Waals surface area contributed by atoms with Crippen LogP contribution in [0.3, 0.4) is 0 Å². The molecular weight excluding hydrogens is 756 g/mol. The molecule has 61 heavy (non-hydrogen) atoms. The maximum Gasteiger partial charge on any atom is 0.380 e. The first-order valence-electron chi connectivity index (χ1n) is 21.2. The fourth-order valence-corrected chi connectivity index (χ4v) is 11.7. The van der Waals surface area contributed by atoms with E-state index in [0.29, 0.717) is 0 Å². The maximum absolute atomic E-state index is 2.53. The summed E-state index contributed by atoms with van der Waals surface area (Å²) >= 11 is 1.89. The Morgan fingerprint density at radius 2 is 0.836 bits per heavy atom. The summed E-state index contributed by atoms with van der Waals surface area (Å²) in [6, 6.07) is 47.8. The molecule has 0 N–H and O–H groups in total. The van der Waals surface area contributed by atoms with Gasteiger partial charge in [-0.05, 0) is 128 Å². The third-order valence-corrected chi connectivity index (χ3v) is 14.5. The van der Waals surface area contributed by atoms with Crippen molar-refractivity contribution in [2.45, 2.75) is 0 Å². The van der Waals surface area contributed by atoms with E-state index in [1.165, 1.54) is 86.9 Å². The molecule has 5 aliphatic heterocycles. The summed E-state index contributed by atoms with van der Waals surface area (Å²) in [5, 5.41) is 2.65. The average molecular weight is 792 g/mol. The van der Waals surface area contributed by atoms with Gasteiger partial charge < -0.3 is 18.9 Å². The first kappa shape index (κ1) is 34.7. The minimum absolute atomic E-state index is 0.0167. The summed E-state index contributed by atoms with van der Waals surface area (Å²) in [6.45, 7) is 0.172. The Hall–Kier alpha value is -7.08. The Balaban J connectivity index is 0.948. The molecule has 282 valence electrons. The van der Waals surface area contributed by atoms with E-state index in [2.05, 4.69) is 238 Å².